The van der Waals surface area contributed by atoms with E-state index in [1.165, 1.54) is 5.56 Å². The van der Waals surface area contributed by atoms with Crippen molar-refractivity contribution in [2.75, 3.05) is 19.6 Å². The van der Waals surface area contributed by atoms with E-state index in [2.05, 4.69) is 23.4 Å². The molecule has 1 aromatic carbocycles. The molecule has 0 unspecified atom stereocenters. The van der Waals surface area contributed by atoms with Crippen molar-refractivity contribution < 1.29 is 24.3 Å². The minimum Gasteiger partial charge on any atom is -0.446 e. The number of carbonyl (C=O) groups excluding carboxylic acids is 3. The average Bonchev–Trinajstić information content (AvgIpc) is 2.82. The normalized spacial score (nSPS) is 24.0. The molecule has 8 nitrogen and oxygen atoms in total. The Kier molecular flexibility index (Phi) is 7.90. The summed E-state index contributed by atoms with van der Waals surface area (Å²) in [4.78, 5) is 39.1. The number of rotatable bonds is 5. The predicted molar refractivity (Wildman–Crippen MR) is 113 cm³/mol. The molecular weight excluding hydrogens is 398 g/mol. The molecule has 0 radical (unpaired) electrons. The predicted octanol–water partition coefficient (Wildman–Crippen LogP) is 2.04. The topological polar surface area (TPSA) is 108 Å². The second-order valence-corrected chi connectivity index (χ2v) is 8.10. The van der Waals surface area contributed by atoms with Crippen molar-refractivity contribution in [1.29, 1.82) is 0 Å². The van der Waals surface area contributed by atoms with Crippen LogP contribution in [-0.2, 0) is 14.3 Å². The third-order valence-corrected chi connectivity index (χ3v) is 6.25. The summed E-state index contributed by atoms with van der Waals surface area (Å²) in [6.07, 6.45) is 6.73. The number of hydroxylamine groups is 1. The molecule has 1 heterocycles. The van der Waals surface area contributed by atoms with Crippen molar-refractivity contribution in [2.45, 2.75) is 44.1 Å². The van der Waals surface area contributed by atoms with Gasteiger partial charge in [0.15, 0.2) is 0 Å². The SMILES string of the molecule is C#CCNC(=O)O[C@@H]1CC[C@H](C(=O)N2CCC(c3ccccc3)CC2)[C@@H](C(=O)NO)C1. The van der Waals surface area contributed by atoms with Gasteiger partial charge in [-0.1, -0.05) is 36.3 Å². The first-order valence-corrected chi connectivity index (χ1v) is 10.7. The molecule has 8 heteroatoms. The lowest BCUT2D eigenvalue weighted by molar-refractivity contribution is -0.149. The van der Waals surface area contributed by atoms with Crippen molar-refractivity contribution >= 4 is 17.9 Å². The molecule has 1 aliphatic carbocycles. The minimum absolute atomic E-state index is 0.0478. The van der Waals surface area contributed by atoms with Crippen LogP contribution in [0.3, 0.4) is 0 Å². The molecule has 1 aliphatic heterocycles. The van der Waals surface area contributed by atoms with Gasteiger partial charge in [0.25, 0.3) is 0 Å². The number of alkyl carbamates (subject to hydrolysis) is 1. The Bertz CT molecular complexity index is 814. The third kappa shape index (κ3) is 5.76. The maximum absolute atomic E-state index is 13.2. The monoisotopic (exact) mass is 427 g/mol. The van der Waals surface area contributed by atoms with Crippen LogP contribution in [0.25, 0.3) is 0 Å². The number of benzene rings is 1. The molecule has 2 aliphatic rings. The van der Waals surface area contributed by atoms with Crippen LogP contribution in [0.15, 0.2) is 30.3 Å². The molecule has 1 aromatic rings. The van der Waals surface area contributed by atoms with E-state index in [-0.39, 0.29) is 18.9 Å². The first-order chi connectivity index (χ1) is 15.0. The van der Waals surface area contributed by atoms with Crippen molar-refractivity contribution in [3.05, 3.63) is 35.9 Å². The van der Waals surface area contributed by atoms with Crippen LogP contribution in [0.1, 0.15) is 43.6 Å². The van der Waals surface area contributed by atoms with E-state index in [0.29, 0.717) is 31.8 Å². The van der Waals surface area contributed by atoms with E-state index in [1.807, 2.05) is 23.1 Å². The second kappa shape index (κ2) is 10.8. The molecule has 0 spiro atoms. The summed E-state index contributed by atoms with van der Waals surface area (Å²) in [7, 11) is 0. The number of nitrogens with zero attached hydrogens (tertiary/aromatic N) is 1. The van der Waals surface area contributed by atoms with Crippen LogP contribution in [-0.4, -0.2) is 53.8 Å². The van der Waals surface area contributed by atoms with Crippen molar-refractivity contribution in [3.8, 4) is 12.3 Å². The van der Waals surface area contributed by atoms with E-state index >= 15 is 0 Å². The van der Waals surface area contributed by atoms with E-state index < -0.39 is 29.9 Å². The van der Waals surface area contributed by atoms with E-state index in [9.17, 15) is 19.6 Å². The molecule has 166 valence electrons. The first-order valence-electron chi connectivity index (χ1n) is 10.7. The molecule has 2 fully saturated rings. The van der Waals surface area contributed by atoms with Crippen LogP contribution in [0.5, 0.6) is 0 Å². The van der Waals surface area contributed by atoms with Gasteiger partial charge in [-0.25, -0.2) is 10.3 Å². The molecule has 1 saturated heterocycles. The Labute approximate surface area is 182 Å². The quantitative estimate of drug-likeness (QED) is 0.379. The number of piperidine rings is 1. The van der Waals surface area contributed by atoms with Gasteiger partial charge in [-0.2, -0.15) is 0 Å². The zero-order chi connectivity index (χ0) is 22.2. The van der Waals surface area contributed by atoms with Crippen LogP contribution in [0.2, 0.25) is 0 Å². The van der Waals surface area contributed by atoms with Crippen LogP contribution in [0, 0.1) is 24.2 Å². The number of likely N-dealkylation sites (tertiary alicyclic amines) is 1. The Morgan fingerprint density at radius 2 is 1.81 bits per heavy atom. The lowest BCUT2D eigenvalue weighted by atomic mass is 9.76. The number of carbonyl (C=O) groups is 3. The van der Waals surface area contributed by atoms with Crippen LogP contribution < -0.4 is 10.8 Å². The van der Waals surface area contributed by atoms with Crippen molar-refractivity contribution in [1.82, 2.24) is 15.7 Å². The van der Waals surface area contributed by atoms with Gasteiger partial charge in [-0.3, -0.25) is 14.8 Å². The summed E-state index contributed by atoms with van der Waals surface area (Å²) in [6, 6.07) is 10.3. The third-order valence-electron chi connectivity index (χ3n) is 6.25. The minimum atomic E-state index is -0.761. The Hall–Kier alpha value is -3.05. The maximum atomic E-state index is 13.2. The highest BCUT2D eigenvalue weighted by atomic mass is 16.6. The lowest BCUT2D eigenvalue weighted by Crippen LogP contribution is -2.49. The van der Waals surface area contributed by atoms with E-state index in [1.54, 1.807) is 5.48 Å². The number of nitrogens with one attached hydrogen (secondary N) is 2. The summed E-state index contributed by atoms with van der Waals surface area (Å²) in [6.45, 7) is 1.32. The van der Waals surface area contributed by atoms with Gasteiger partial charge in [0, 0.05) is 13.1 Å². The van der Waals surface area contributed by atoms with Crippen molar-refractivity contribution in [3.63, 3.8) is 0 Å². The van der Waals surface area contributed by atoms with Crippen molar-refractivity contribution in [2.24, 2.45) is 11.8 Å². The number of terminal acetylenes is 1. The van der Waals surface area contributed by atoms with E-state index in [0.717, 1.165) is 12.8 Å². The average molecular weight is 428 g/mol. The largest absolute Gasteiger partial charge is 0.446 e. The molecular formula is C23H29N3O5. The highest BCUT2D eigenvalue weighted by molar-refractivity contribution is 5.87. The van der Waals surface area contributed by atoms with Crippen LogP contribution in [0.4, 0.5) is 4.79 Å². The standard InChI is InChI=1S/C23H29N3O5/c1-2-12-24-23(29)31-18-8-9-19(20(15-18)21(27)25-30)22(28)26-13-10-17(11-14-26)16-6-4-3-5-7-16/h1,3-7,17-20,30H,8-15H2,(H,24,29)(H,25,27)/t18-,19+,20+/m1/s1. The molecule has 0 aromatic heterocycles. The van der Waals surface area contributed by atoms with Crippen LogP contribution >= 0.6 is 0 Å². The Morgan fingerprint density at radius 1 is 1.10 bits per heavy atom. The number of amides is 3. The Morgan fingerprint density at radius 3 is 2.45 bits per heavy atom. The van der Waals surface area contributed by atoms with Gasteiger partial charge >= 0.3 is 6.09 Å². The molecule has 1 saturated carbocycles. The fourth-order valence-corrected chi connectivity index (χ4v) is 4.62. The zero-order valence-electron chi connectivity index (χ0n) is 17.5. The summed E-state index contributed by atoms with van der Waals surface area (Å²) in [5.41, 5.74) is 2.95. The fourth-order valence-electron chi connectivity index (χ4n) is 4.62. The van der Waals surface area contributed by atoms with Gasteiger partial charge in [0.1, 0.15) is 6.10 Å². The summed E-state index contributed by atoms with van der Waals surface area (Å²) >= 11 is 0. The number of ether oxygens (including phenoxy) is 1. The number of hydrogen-bond donors (Lipinski definition) is 3. The Balaban J connectivity index is 1.59. The highest BCUT2D eigenvalue weighted by Crippen LogP contribution is 2.35. The van der Waals surface area contributed by atoms with Gasteiger partial charge in [0.2, 0.25) is 11.8 Å². The smallest absolute Gasteiger partial charge is 0.408 e. The molecule has 3 atom stereocenters. The molecule has 31 heavy (non-hydrogen) atoms. The summed E-state index contributed by atoms with van der Waals surface area (Å²) < 4.78 is 5.32. The fraction of sp³-hybridized carbons (Fsp3) is 0.522. The highest BCUT2D eigenvalue weighted by Gasteiger charge is 2.42. The second-order valence-electron chi connectivity index (χ2n) is 8.10. The van der Waals surface area contributed by atoms with Gasteiger partial charge in [0.05, 0.1) is 18.4 Å². The summed E-state index contributed by atoms with van der Waals surface area (Å²) in [5.74, 6) is 0.697. The van der Waals surface area contributed by atoms with Gasteiger partial charge in [-0.15, -0.1) is 6.42 Å². The maximum Gasteiger partial charge on any atom is 0.408 e. The molecule has 3 rings (SSSR count). The molecule has 3 N–H and O–H groups in total. The molecule has 3 amide bonds. The molecule has 0 bridgehead atoms. The van der Waals surface area contributed by atoms with Gasteiger partial charge < -0.3 is 15.0 Å². The number of hydrogen-bond acceptors (Lipinski definition) is 5. The van der Waals surface area contributed by atoms with Gasteiger partial charge in [-0.05, 0) is 43.6 Å². The first kappa shape index (κ1) is 22.6. The van der Waals surface area contributed by atoms with E-state index in [4.69, 9.17) is 11.2 Å². The summed E-state index contributed by atoms with van der Waals surface area (Å²) in [5, 5.41) is 11.6. The zero-order valence-corrected chi connectivity index (χ0v) is 17.5. The lowest BCUT2D eigenvalue weighted by Gasteiger charge is -2.39.